The summed E-state index contributed by atoms with van der Waals surface area (Å²) < 4.78 is 17.9. The number of benzene rings is 1. The number of carboxylic acid groups (broad SMARTS) is 1. The Balaban J connectivity index is 1.94. The minimum Gasteiger partial charge on any atom is -0.481 e. The highest BCUT2D eigenvalue weighted by atomic mass is 19.1. The van der Waals surface area contributed by atoms with Gasteiger partial charge in [0.25, 0.3) is 0 Å². The lowest BCUT2D eigenvalue weighted by Crippen LogP contribution is -2.48. The zero-order valence-corrected chi connectivity index (χ0v) is 13.5. The number of piperidine rings is 1. The molecule has 1 atom stereocenters. The summed E-state index contributed by atoms with van der Waals surface area (Å²) in [6.45, 7) is 2.60. The number of likely N-dealkylation sites (tertiary alicyclic amines) is 1. The lowest BCUT2D eigenvalue weighted by atomic mass is 9.77. The average Bonchev–Trinajstić information content (AvgIpc) is 2.55. The fraction of sp³-hybridized carbons (Fsp3) is 0.500. The summed E-state index contributed by atoms with van der Waals surface area (Å²) in [5.74, 6) is -0.982. The van der Waals surface area contributed by atoms with Gasteiger partial charge in [-0.15, -0.1) is 0 Å². The number of hydrogen-bond donors (Lipinski definition) is 1. The molecule has 0 aromatic heterocycles. The van der Waals surface area contributed by atoms with Crippen LogP contribution in [0.15, 0.2) is 30.3 Å². The number of carbonyl (C=O) groups is 1. The molecular weight excluding hydrogens is 297 g/mol. The third kappa shape index (κ3) is 4.88. The number of methoxy groups -OCH3 is 1. The van der Waals surface area contributed by atoms with Gasteiger partial charge >= 0.3 is 5.97 Å². The topological polar surface area (TPSA) is 49.8 Å². The summed E-state index contributed by atoms with van der Waals surface area (Å²) in [6.07, 6.45) is 6.05. The molecule has 5 heteroatoms. The van der Waals surface area contributed by atoms with E-state index in [-0.39, 0.29) is 5.82 Å². The number of ether oxygens (including phenoxy) is 1. The summed E-state index contributed by atoms with van der Waals surface area (Å²) >= 11 is 0. The van der Waals surface area contributed by atoms with Crippen LogP contribution >= 0.6 is 0 Å². The van der Waals surface area contributed by atoms with Gasteiger partial charge in [0.2, 0.25) is 0 Å². The first kappa shape index (κ1) is 17.6. The molecule has 1 N–H and O–H groups in total. The molecule has 1 aliphatic rings. The van der Waals surface area contributed by atoms with Crippen molar-refractivity contribution in [2.45, 2.75) is 19.3 Å². The van der Waals surface area contributed by atoms with Gasteiger partial charge < -0.3 is 9.84 Å². The van der Waals surface area contributed by atoms with E-state index in [1.54, 1.807) is 19.2 Å². The van der Waals surface area contributed by atoms with Gasteiger partial charge in [0.05, 0.1) is 5.41 Å². The smallest absolute Gasteiger partial charge is 0.311 e. The number of rotatable bonds is 7. The van der Waals surface area contributed by atoms with Crippen molar-refractivity contribution in [3.63, 3.8) is 0 Å². The first-order chi connectivity index (χ1) is 11.1. The highest BCUT2D eigenvalue weighted by molar-refractivity contribution is 5.75. The van der Waals surface area contributed by atoms with Crippen molar-refractivity contribution >= 4 is 12.0 Å². The molecule has 4 nitrogen and oxygen atoms in total. The second-order valence-corrected chi connectivity index (χ2v) is 6.12. The minimum atomic E-state index is -0.734. The standard InChI is InChI=1S/C18H24FNO3/c1-23-13-10-18(17(21)22)9-3-12-20(14-18)11-2-4-15-5-7-16(19)8-6-15/h2,4-8H,3,9-14H2,1H3,(H,21,22)/b4-2+/t18-/m0/s1. The molecule has 23 heavy (non-hydrogen) atoms. The number of halogens is 1. The minimum absolute atomic E-state index is 0.248. The molecule has 0 bridgehead atoms. The van der Waals surface area contributed by atoms with E-state index in [0.29, 0.717) is 32.5 Å². The van der Waals surface area contributed by atoms with Gasteiger partial charge in [0, 0.05) is 26.8 Å². The van der Waals surface area contributed by atoms with Crippen LogP contribution in [0.2, 0.25) is 0 Å². The number of aliphatic carboxylic acids is 1. The van der Waals surface area contributed by atoms with E-state index < -0.39 is 11.4 Å². The fourth-order valence-electron chi connectivity index (χ4n) is 3.08. The maximum absolute atomic E-state index is 12.9. The Hall–Kier alpha value is -1.72. The third-order valence-corrected chi connectivity index (χ3v) is 4.44. The van der Waals surface area contributed by atoms with Crippen LogP contribution < -0.4 is 0 Å². The predicted molar refractivity (Wildman–Crippen MR) is 87.7 cm³/mol. The van der Waals surface area contributed by atoms with Crippen LogP contribution in [-0.2, 0) is 9.53 Å². The molecule has 1 aromatic carbocycles. The molecule has 0 spiro atoms. The lowest BCUT2D eigenvalue weighted by Gasteiger charge is -2.39. The molecule has 0 amide bonds. The Labute approximate surface area is 136 Å². The van der Waals surface area contributed by atoms with Gasteiger partial charge in [-0.05, 0) is 43.5 Å². The van der Waals surface area contributed by atoms with Crippen LogP contribution in [0.4, 0.5) is 4.39 Å². The van der Waals surface area contributed by atoms with Crippen molar-refractivity contribution in [3.8, 4) is 0 Å². The molecule has 1 aromatic rings. The number of nitrogens with zero attached hydrogens (tertiary/aromatic N) is 1. The van der Waals surface area contributed by atoms with Gasteiger partial charge in [-0.3, -0.25) is 9.69 Å². The summed E-state index contributed by atoms with van der Waals surface area (Å²) in [5.41, 5.74) is 0.227. The van der Waals surface area contributed by atoms with Crippen molar-refractivity contribution in [3.05, 3.63) is 41.7 Å². The highest BCUT2D eigenvalue weighted by Gasteiger charge is 2.41. The number of hydrogen-bond acceptors (Lipinski definition) is 3. The maximum Gasteiger partial charge on any atom is 0.311 e. The van der Waals surface area contributed by atoms with E-state index in [1.807, 2.05) is 12.2 Å². The first-order valence-corrected chi connectivity index (χ1v) is 7.92. The first-order valence-electron chi connectivity index (χ1n) is 7.92. The van der Waals surface area contributed by atoms with Crippen molar-refractivity contribution in [1.29, 1.82) is 0 Å². The molecule has 0 saturated carbocycles. The van der Waals surface area contributed by atoms with E-state index >= 15 is 0 Å². The molecule has 0 aliphatic carbocycles. The monoisotopic (exact) mass is 321 g/mol. The molecule has 2 rings (SSSR count). The van der Waals surface area contributed by atoms with Gasteiger partial charge in [-0.25, -0.2) is 4.39 Å². The van der Waals surface area contributed by atoms with Crippen LogP contribution in [0.3, 0.4) is 0 Å². The molecule has 1 heterocycles. The van der Waals surface area contributed by atoms with Crippen LogP contribution in [0.5, 0.6) is 0 Å². The van der Waals surface area contributed by atoms with Gasteiger partial charge in [-0.1, -0.05) is 24.3 Å². The highest BCUT2D eigenvalue weighted by Crippen LogP contribution is 2.34. The van der Waals surface area contributed by atoms with Crippen LogP contribution in [-0.4, -0.2) is 49.3 Å². The van der Waals surface area contributed by atoms with E-state index in [9.17, 15) is 14.3 Å². The summed E-state index contributed by atoms with van der Waals surface area (Å²) in [6, 6.07) is 6.31. The Kier molecular flexibility index (Phi) is 6.30. The molecule has 1 fully saturated rings. The molecule has 1 aliphatic heterocycles. The Bertz CT molecular complexity index is 544. The van der Waals surface area contributed by atoms with Crippen LogP contribution in [0, 0.1) is 11.2 Å². The van der Waals surface area contributed by atoms with E-state index in [2.05, 4.69) is 4.90 Å². The molecule has 126 valence electrons. The fourth-order valence-corrected chi connectivity index (χ4v) is 3.08. The molecule has 0 radical (unpaired) electrons. The lowest BCUT2D eigenvalue weighted by molar-refractivity contribution is -0.154. The molecule has 1 saturated heterocycles. The van der Waals surface area contributed by atoms with Crippen molar-refractivity contribution in [2.75, 3.05) is 33.4 Å². The van der Waals surface area contributed by atoms with Gasteiger partial charge in [0.15, 0.2) is 0 Å². The SMILES string of the molecule is COCC[C@@]1(C(=O)O)CCCN(C/C=C/c2ccc(F)cc2)C1. The van der Waals surface area contributed by atoms with E-state index in [4.69, 9.17) is 4.74 Å². The summed E-state index contributed by atoms with van der Waals surface area (Å²) in [4.78, 5) is 13.9. The quantitative estimate of drug-likeness (QED) is 0.838. The zero-order chi connectivity index (χ0) is 16.7. The van der Waals surface area contributed by atoms with Crippen LogP contribution in [0.25, 0.3) is 6.08 Å². The maximum atomic E-state index is 12.9. The molecular formula is C18H24FNO3. The molecule has 0 unspecified atom stereocenters. The van der Waals surface area contributed by atoms with Gasteiger partial charge in [-0.2, -0.15) is 0 Å². The largest absolute Gasteiger partial charge is 0.481 e. The van der Waals surface area contributed by atoms with Crippen LogP contribution in [0.1, 0.15) is 24.8 Å². The Morgan fingerprint density at radius 2 is 2.17 bits per heavy atom. The third-order valence-electron chi connectivity index (χ3n) is 4.44. The zero-order valence-electron chi connectivity index (χ0n) is 13.5. The second-order valence-electron chi connectivity index (χ2n) is 6.12. The number of carboxylic acids is 1. The van der Waals surface area contributed by atoms with E-state index in [1.165, 1.54) is 12.1 Å². The van der Waals surface area contributed by atoms with E-state index in [0.717, 1.165) is 18.5 Å². The van der Waals surface area contributed by atoms with Crippen molar-refractivity contribution in [2.24, 2.45) is 5.41 Å². The van der Waals surface area contributed by atoms with Crippen molar-refractivity contribution in [1.82, 2.24) is 4.90 Å². The Morgan fingerprint density at radius 1 is 1.43 bits per heavy atom. The summed E-state index contributed by atoms with van der Waals surface area (Å²) in [5, 5.41) is 9.63. The second kappa shape index (κ2) is 8.22. The normalized spacial score (nSPS) is 22.5. The van der Waals surface area contributed by atoms with Gasteiger partial charge in [0.1, 0.15) is 5.82 Å². The van der Waals surface area contributed by atoms with Crippen molar-refractivity contribution < 1.29 is 19.0 Å². The average molecular weight is 321 g/mol. The predicted octanol–water partition coefficient (Wildman–Crippen LogP) is 3.04. The Morgan fingerprint density at radius 3 is 2.83 bits per heavy atom. The summed E-state index contributed by atoms with van der Waals surface area (Å²) in [7, 11) is 1.60.